The van der Waals surface area contributed by atoms with Crippen molar-refractivity contribution in [3.63, 3.8) is 0 Å². The largest absolute Gasteiger partial charge is 0.436 e. The van der Waals surface area contributed by atoms with E-state index in [0.29, 0.717) is 0 Å². The summed E-state index contributed by atoms with van der Waals surface area (Å²) in [6.07, 6.45) is -16.7. The second-order valence-electron chi connectivity index (χ2n) is 6.75. The van der Waals surface area contributed by atoms with Crippen LogP contribution in [0.2, 0.25) is 0 Å². The van der Waals surface area contributed by atoms with E-state index in [1.807, 2.05) is 0 Å². The zero-order valence-electron chi connectivity index (χ0n) is 15.8. The van der Waals surface area contributed by atoms with Crippen molar-refractivity contribution in [3.05, 3.63) is 0 Å². The van der Waals surface area contributed by atoms with Gasteiger partial charge in [-0.2, -0.15) is 96.6 Å². The molecule has 0 aliphatic carbocycles. The third-order valence-corrected chi connectivity index (χ3v) is 4.92. The van der Waals surface area contributed by atoms with Gasteiger partial charge in [-0.05, 0) is 23.2 Å². The van der Waals surface area contributed by atoms with Crippen LogP contribution in [0.25, 0.3) is 0 Å². The molecule has 0 fully saturated rings. The Morgan fingerprint density at radius 3 is 0.474 bits per heavy atom. The van der Waals surface area contributed by atoms with Crippen molar-refractivity contribution in [1.82, 2.24) is 0 Å². The van der Waals surface area contributed by atoms with Crippen LogP contribution in [0.4, 0.5) is 105 Å². The smallest absolute Gasteiger partial charge is 0.218 e. The number of alkyl halides is 26. The van der Waals surface area contributed by atoms with Crippen molar-refractivity contribution in [2.24, 2.45) is 0 Å². The van der Waals surface area contributed by atoms with E-state index in [0.717, 1.165) is 0 Å². The van der Waals surface area contributed by atoms with Crippen molar-refractivity contribution < 1.29 is 105 Å². The Morgan fingerprint density at radius 2 is 0.368 bits per heavy atom. The minimum Gasteiger partial charge on any atom is -0.218 e. The molecule has 0 saturated heterocycles. The Balaban J connectivity index is 7.60. The monoisotopic (exact) mass is 670 g/mol. The van der Waals surface area contributed by atoms with Crippen LogP contribution in [0.15, 0.2) is 0 Å². The summed E-state index contributed by atoms with van der Waals surface area (Å²) < 4.78 is 315. The Bertz CT molecular complexity index is 767. The molecule has 0 rings (SSSR count). The highest BCUT2D eigenvalue weighted by Gasteiger charge is 3.00. The van der Waals surface area contributed by atoms with Gasteiger partial charge >= 0.3 is 70.0 Å². The van der Waals surface area contributed by atoms with Crippen LogP contribution in [0.1, 0.15) is 0 Å². The standard InChI is InChI=1S/C12Cl2F24/c13-9(29,30)1(15,11(33,34)35)3(17,18)5(21,22)7(25,26)8(27,28)6(23,24)4(19,20)2(16,10(14,31)32)12(36,37)38. The van der Waals surface area contributed by atoms with E-state index in [9.17, 15) is 105 Å². The van der Waals surface area contributed by atoms with Crippen molar-refractivity contribution in [2.45, 2.75) is 70.0 Å². The summed E-state index contributed by atoms with van der Waals surface area (Å²) in [4.78, 5) is 0. The highest BCUT2D eigenvalue weighted by molar-refractivity contribution is 6.23. The molecular formula is C12Cl2F24. The molecule has 230 valence electrons. The van der Waals surface area contributed by atoms with Crippen LogP contribution >= 0.6 is 23.2 Å². The quantitative estimate of drug-likeness (QED) is 0.170. The maximum absolute atomic E-state index is 13.6. The summed E-state index contributed by atoms with van der Waals surface area (Å²) in [6.45, 7) is 0. The van der Waals surface area contributed by atoms with Crippen LogP contribution in [0, 0.1) is 0 Å². The summed E-state index contributed by atoms with van der Waals surface area (Å²) in [7, 11) is 0. The second-order valence-corrected chi connectivity index (χ2v) is 7.70. The third-order valence-electron chi connectivity index (χ3n) is 4.40. The molecule has 0 bridgehead atoms. The number of hydrogen-bond donors (Lipinski definition) is 0. The minimum atomic E-state index is -9.57. The lowest BCUT2D eigenvalue weighted by Crippen LogP contribution is -2.80. The van der Waals surface area contributed by atoms with Gasteiger partial charge in [0.1, 0.15) is 0 Å². The van der Waals surface area contributed by atoms with Gasteiger partial charge in [-0.15, -0.1) is 0 Å². The molecule has 0 aromatic heterocycles. The Labute approximate surface area is 199 Å². The molecule has 26 heteroatoms. The number of hydrogen-bond acceptors (Lipinski definition) is 0. The third kappa shape index (κ3) is 4.18. The van der Waals surface area contributed by atoms with Crippen molar-refractivity contribution in [3.8, 4) is 0 Å². The fraction of sp³-hybridized carbons (Fsp3) is 1.00. The van der Waals surface area contributed by atoms with Gasteiger partial charge in [0.05, 0.1) is 0 Å². The van der Waals surface area contributed by atoms with Crippen LogP contribution in [0.3, 0.4) is 0 Å². The summed E-state index contributed by atoms with van der Waals surface area (Å²) in [5, 5.41) is -15.3. The predicted molar refractivity (Wildman–Crippen MR) is 71.1 cm³/mol. The second kappa shape index (κ2) is 8.70. The van der Waals surface area contributed by atoms with E-state index in [4.69, 9.17) is 0 Å². The first-order chi connectivity index (χ1) is 15.8. The first kappa shape index (κ1) is 36.9. The van der Waals surface area contributed by atoms with Crippen LogP contribution in [-0.2, 0) is 0 Å². The van der Waals surface area contributed by atoms with E-state index < -0.39 is 70.0 Å². The van der Waals surface area contributed by atoms with E-state index in [-0.39, 0.29) is 0 Å². The van der Waals surface area contributed by atoms with Crippen LogP contribution in [0.5, 0.6) is 0 Å². The molecular weight excluding hydrogens is 671 g/mol. The van der Waals surface area contributed by atoms with Gasteiger partial charge in [-0.25, -0.2) is 8.78 Å². The lowest BCUT2D eigenvalue weighted by molar-refractivity contribution is -0.472. The molecule has 0 spiro atoms. The molecule has 0 heterocycles. The molecule has 0 N–H and O–H groups in total. The fourth-order valence-electron chi connectivity index (χ4n) is 2.25. The molecule has 0 aliphatic heterocycles. The zero-order chi connectivity index (χ0) is 32.0. The Kier molecular flexibility index (Phi) is 8.45. The summed E-state index contributed by atoms with van der Waals surface area (Å²) in [5.41, 5.74) is -17.4. The normalized spacial score (nSPS) is 19.7. The fourth-order valence-corrected chi connectivity index (χ4v) is 2.71. The van der Waals surface area contributed by atoms with E-state index in [1.165, 1.54) is 0 Å². The zero-order valence-corrected chi connectivity index (χ0v) is 17.3. The van der Waals surface area contributed by atoms with Gasteiger partial charge in [0, 0.05) is 0 Å². The van der Waals surface area contributed by atoms with Gasteiger partial charge in [0.2, 0.25) is 0 Å². The van der Waals surface area contributed by atoms with Gasteiger partial charge in [-0.3, -0.25) is 0 Å². The highest BCUT2D eigenvalue weighted by Crippen LogP contribution is 2.69. The van der Waals surface area contributed by atoms with Crippen LogP contribution in [-0.4, -0.2) is 70.0 Å². The first-order valence-corrected chi connectivity index (χ1v) is 8.42. The summed E-state index contributed by atoms with van der Waals surface area (Å²) >= 11 is 6.38. The van der Waals surface area contributed by atoms with Crippen molar-refractivity contribution in [1.29, 1.82) is 0 Å². The van der Waals surface area contributed by atoms with Crippen LogP contribution < -0.4 is 0 Å². The molecule has 0 aliphatic rings. The van der Waals surface area contributed by atoms with Gasteiger partial charge in [0.15, 0.2) is 0 Å². The lowest BCUT2D eigenvalue weighted by Gasteiger charge is -2.47. The predicted octanol–water partition coefficient (Wildman–Crippen LogP) is 9.00. The Morgan fingerprint density at radius 1 is 0.237 bits per heavy atom. The summed E-state index contributed by atoms with van der Waals surface area (Å²) in [5.74, 6) is -56.6. The SMILES string of the molecule is FC(F)(F)C(F)(C(F)(F)Cl)C(F)(F)C(F)(F)C(F)(F)C(F)(F)C(F)(F)C(F)(F)C(F)(C(F)(F)F)C(F)(F)Cl. The lowest BCUT2D eigenvalue weighted by atomic mass is 9.81. The molecule has 2 unspecified atom stereocenters. The maximum Gasteiger partial charge on any atom is 0.436 e. The topological polar surface area (TPSA) is 0 Å². The average Bonchev–Trinajstić information content (AvgIpc) is 2.61. The molecule has 0 nitrogen and oxygen atoms in total. The number of rotatable bonds is 9. The molecule has 0 aromatic carbocycles. The highest BCUT2D eigenvalue weighted by atomic mass is 35.5. The average molecular weight is 671 g/mol. The summed E-state index contributed by atoms with van der Waals surface area (Å²) in [6, 6.07) is 0. The molecule has 0 saturated carbocycles. The van der Waals surface area contributed by atoms with E-state index in [2.05, 4.69) is 23.2 Å². The molecule has 0 radical (unpaired) electrons. The molecule has 2 atom stereocenters. The van der Waals surface area contributed by atoms with Gasteiger partial charge < -0.3 is 0 Å². The molecule has 38 heavy (non-hydrogen) atoms. The first-order valence-electron chi connectivity index (χ1n) is 7.66. The minimum absolute atomic E-state index is 3.19. The van der Waals surface area contributed by atoms with Crippen molar-refractivity contribution >= 4 is 23.2 Å². The molecule has 0 amide bonds. The number of halogens is 26. The van der Waals surface area contributed by atoms with Crippen molar-refractivity contribution in [2.75, 3.05) is 0 Å². The van der Waals surface area contributed by atoms with Gasteiger partial charge in [0.25, 0.3) is 0 Å². The van der Waals surface area contributed by atoms with E-state index in [1.54, 1.807) is 0 Å². The Hall–Kier alpha value is -1.10. The molecule has 0 aromatic rings. The maximum atomic E-state index is 13.6. The van der Waals surface area contributed by atoms with E-state index >= 15 is 0 Å². The van der Waals surface area contributed by atoms with Gasteiger partial charge in [-0.1, -0.05) is 0 Å².